The summed E-state index contributed by atoms with van der Waals surface area (Å²) < 4.78 is 41.2. The predicted molar refractivity (Wildman–Crippen MR) is 114 cm³/mol. The molecule has 32 heavy (non-hydrogen) atoms. The molecule has 4 rings (SSSR count). The monoisotopic (exact) mass is 445 g/mol. The fourth-order valence-electron chi connectivity index (χ4n) is 3.98. The minimum Gasteiger partial charge on any atom is -0.369 e. The zero-order chi connectivity index (χ0) is 22.9. The van der Waals surface area contributed by atoms with Gasteiger partial charge in [-0.3, -0.25) is 9.88 Å². The summed E-state index contributed by atoms with van der Waals surface area (Å²) in [4.78, 5) is 8.78. The van der Waals surface area contributed by atoms with Crippen LogP contribution in [0.3, 0.4) is 0 Å². The number of alkyl halides is 3. The number of nitrogens with zero attached hydrogens (tertiary/aromatic N) is 7. The second kappa shape index (κ2) is 8.50. The molecule has 0 spiro atoms. The van der Waals surface area contributed by atoms with Crippen molar-refractivity contribution in [1.29, 1.82) is 0 Å². The highest BCUT2D eigenvalue weighted by Crippen LogP contribution is 2.33. The molecule has 1 aliphatic heterocycles. The number of benzene rings is 1. The molecule has 170 valence electrons. The molecule has 0 bridgehead atoms. The van der Waals surface area contributed by atoms with E-state index in [2.05, 4.69) is 25.4 Å². The van der Waals surface area contributed by atoms with Gasteiger partial charge < -0.3 is 4.90 Å². The Kier molecular flexibility index (Phi) is 5.89. The van der Waals surface area contributed by atoms with Gasteiger partial charge in [-0.25, -0.2) is 4.68 Å². The SMILES string of the molecule is CC(C)(C)n1nnnc1[C@@H](c1ccccn1)N1CCN(c2cccc(C(F)(F)F)c2)CC1. The Morgan fingerprint density at radius 2 is 1.69 bits per heavy atom. The van der Waals surface area contributed by atoms with E-state index in [-0.39, 0.29) is 11.6 Å². The Morgan fingerprint density at radius 3 is 2.31 bits per heavy atom. The van der Waals surface area contributed by atoms with Gasteiger partial charge in [0.15, 0.2) is 5.82 Å². The maximum Gasteiger partial charge on any atom is 0.416 e. The van der Waals surface area contributed by atoms with Crippen LogP contribution in [0.5, 0.6) is 0 Å². The van der Waals surface area contributed by atoms with E-state index in [4.69, 9.17) is 0 Å². The summed E-state index contributed by atoms with van der Waals surface area (Å²) in [5, 5.41) is 12.5. The van der Waals surface area contributed by atoms with Crippen LogP contribution < -0.4 is 4.90 Å². The summed E-state index contributed by atoms with van der Waals surface area (Å²) in [7, 11) is 0. The molecule has 0 unspecified atom stereocenters. The molecule has 0 amide bonds. The summed E-state index contributed by atoms with van der Waals surface area (Å²) >= 11 is 0. The van der Waals surface area contributed by atoms with Crippen molar-refractivity contribution in [2.75, 3.05) is 31.1 Å². The van der Waals surface area contributed by atoms with E-state index in [0.717, 1.165) is 11.8 Å². The molecule has 1 saturated heterocycles. The van der Waals surface area contributed by atoms with Gasteiger partial charge in [0.2, 0.25) is 0 Å². The molecule has 0 aliphatic carbocycles. The number of hydrogen-bond donors (Lipinski definition) is 0. The maximum absolute atomic E-state index is 13.1. The van der Waals surface area contributed by atoms with E-state index in [9.17, 15) is 13.2 Å². The van der Waals surface area contributed by atoms with Gasteiger partial charge in [0.1, 0.15) is 6.04 Å². The Balaban J connectivity index is 1.59. The maximum atomic E-state index is 13.1. The molecule has 7 nitrogen and oxygen atoms in total. The molecule has 0 radical (unpaired) electrons. The van der Waals surface area contributed by atoms with Gasteiger partial charge in [-0.1, -0.05) is 12.1 Å². The number of tetrazole rings is 1. The smallest absolute Gasteiger partial charge is 0.369 e. The third kappa shape index (κ3) is 4.59. The third-order valence-corrected chi connectivity index (χ3v) is 5.56. The normalized spacial score (nSPS) is 16.9. The van der Waals surface area contributed by atoms with Gasteiger partial charge >= 0.3 is 6.18 Å². The lowest BCUT2D eigenvalue weighted by Crippen LogP contribution is -2.49. The quantitative estimate of drug-likeness (QED) is 0.610. The lowest BCUT2D eigenvalue weighted by Gasteiger charge is -2.40. The van der Waals surface area contributed by atoms with Gasteiger partial charge in [0.25, 0.3) is 0 Å². The fourth-order valence-corrected chi connectivity index (χ4v) is 3.98. The zero-order valence-corrected chi connectivity index (χ0v) is 18.3. The average Bonchev–Trinajstić information content (AvgIpc) is 3.25. The van der Waals surface area contributed by atoms with Crippen LogP contribution in [0.25, 0.3) is 0 Å². The summed E-state index contributed by atoms with van der Waals surface area (Å²) in [6, 6.07) is 11.0. The van der Waals surface area contributed by atoms with Crippen LogP contribution in [0.1, 0.15) is 43.9 Å². The van der Waals surface area contributed by atoms with Gasteiger partial charge in [-0.05, 0) is 61.5 Å². The van der Waals surface area contributed by atoms with Gasteiger partial charge in [0, 0.05) is 38.1 Å². The number of halogens is 3. The second-order valence-electron chi connectivity index (χ2n) is 8.85. The van der Waals surface area contributed by atoms with Crippen molar-refractivity contribution in [3.8, 4) is 0 Å². The highest BCUT2D eigenvalue weighted by molar-refractivity contribution is 5.49. The van der Waals surface area contributed by atoms with Crippen LogP contribution in [-0.2, 0) is 11.7 Å². The lowest BCUT2D eigenvalue weighted by atomic mass is 10.1. The molecule has 1 aliphatic rings. The first-order valence-corrected chi connectivity index (χ1v) is 10.5. The molecule has 1 atom stereocenters. The molecule has 0 saturated carbocycles. The highest BCUT2D eigenvalue weighted by Gasteiger charge is 2.35. The first kappa shape index (κ1) is 22.2. The summed E-state index contributed by atoms with van der Waals surface area (Å²) in [5.74, 6) is 0.698. The van der Waals surface area contributed by atoms with Crippen molar-refractivity contribution < 1.29 is 13.2 Å². The van der Waals surface area contributed by atoms with Crippen molar-refractivity contribution in [1.82, 2.24) is 30.1 Å². The summed E-state index contributed by atoms with van der Waals surface area (Å²) in [5.41, 5.74) is 0.466. The molecular weight excluding hydrogens is 419 g/mol. The number of hydrogen-bond acceptors (Lipinski definition) is 6. The summed E-state index contributed by atoms with van der Waals surface area (Å²) in [6.45, 7) is 8.54. The van der Waals surface area contributed by atoms with E-state index in [1.165, 1.54) is 12.1 Å². The van der Waals surface area contributed by atoms with Crippen molar-refractivity contribution >= 4 is 5.69 Å². The van der Waals surface area contributed by atoms with Gasteiger partial charge in [-0.15, -0.1) is 5.10 Å². The Morgan fingerprint density at radius 1 is 0.938 bits per heavy atom. The molecule has 10 heteroatoms. The van der Waals surface area contributed by atoms with Crippen LogP contribution in [0.4, 0.5) is 18.9 Å². The minimum atomic E-state index is -4.36. The number of rotatable bonds is 4. The van der Waals surface area contributed by atoms with Crippen LogP contribution in [0.2, 0.25) is 0 Å². The van der Waals surface area contributed by atoms with Crippen LogP contribution in [0, 0.1) is 0 Å². The van der Waals surface area contributed by atoms with E-state index >= 15 is 0 Å². The molecule has 3 aromatic rings. The molecule has 0 N–H and O–H groups in total. The standard InChI is InChI=1S/C22H26F3N7/c1-21(2,3)32-20(27-28-29-32)19(18-9-4-5-10-26-18)31-13-11-30(12-14-31)17-8-6-7-16(15-17)22(23,24)25/h4-10,15,19H,11-14H2,1-3H3/t19-/m1/s1. The second-order valence-corrected chi connectivity index (χ2v) is 8.85. The molecule has 2 aromatic heterocycles. The van der Waals surface area contributed by atoms with Crippen molar-refractivity contribution in [2.24, 2.45) is 0 Å². The van der Waals surface area contributed by atoms with Crippen molar-refractivity contribution in [3.05, 3.63) is 65.7 Å². The van der Waals surface area contributed by atoms with E-state index in [0.29, 0.717) is 37.7 Å². The highest BCUT2D eigenvalue weighted by atomic mass is 19.4. The first-order chi connectivity index (χ1) is 15.1. The number of aromatic nitrogens is 5. The van der Waals surface area contributed by atoms with Crippen LogP contribution in [0.15, 0.2) is 48.7 Å². The largest absolute Gasteiger partial charge is 0.416 e. The van der Waals surface area contributed by atoms with Gasteiger partial charge in [0.05, 0.1) is 16.8 Å². The Hall–Kier alpha value is -3.01. The third-order valence-electron chi connectivity index (χ3n) is 5.56. The van der Waals surface area contributed by atoms with Crippen LogP contribution in [-0.4, -0.2) is 56.3 Å². The molecule has 1 aromatic carbocycles. The van der Waals surface area contributed by atoms with Crippen molar-refractivity contribution in [2.45, 2.75) is 38.5 Å². The van der Waals surface area contributed by atoms with Crippen molar-refractivity contribution in [3.63, 3.8) is 0 Å². The Bertz CT molecular complexity index is 1040. The fraction of sp³-hybridized carbons (Fsp3) is 0.455. The molecule has 1 fully saturated rings. The van der Waals surface area contributed by atoms with E-state index in [1.54, 1.807) is 12.3 Å². The van der Waals surface area contributed by atoms with Crippen LogP contribution >= 0.6 is 0 Å². The summed E-state index contributed by atoms with van der Waals surface area (Å²) in [6.07, 6.45) is -2.61. The topological polar surface area (TPSA) is 63.0 Å². The first-order valence-electron chi connectivity index (χ1n) is 10.5. The number of piperazine rings is 1. The number of pyridine rings is 1. The zero-order valence-electron chi connectivity index (χ0n) is 18.3. The average molecular weight is 445 g/mol. The van der Waals surface area contributed by atoms with E-state index in [1.807, 2.05) is 48.6 Å². The predicted octanol–water partition coefficient (Wildman–Crippen LogP) is 3.75. The molecular formula is C22H26F3N7. The number of anilines is 1. The lowest BCUT2D eigenvalue weighted by molar-refractivity contribution is -0.137. The minimum absolute atomic E-state index is 0.255. The Labute approximate surface area is 184 Å². The van der Waals surface area contributed by atoms with E-state index < -0.39 is 11.7 Å². The molecule has 3 heterocycles. The van der Waals surface area contributed by atoms with Gasteiger partial charge in [-0.2, -0.15) is 13.2 Å².